The Hall–Kier alpha value is -2.21. The van der Waals surface area contributed by atoms with Crippen molar-refractivity contribution in [3.63, 3.8) is 0 Å². The average Bonchev–Trinajstić information content (AvgIpc) is 3.17. The molecule has 2 aromatic rings. The predicted molar refractivity (Wildman–Crippen MR) is 109 cm³/mol. The lowest BCUT2D eigenvalue weighted by Crippen LogP contribution is -2.42. The lowest BCUT2D eigenvalue weighted by Gasteiger charge is -2.32. The van der Waals surface area contributed by atoms with Gasteiger partial charge in [0.1, 0.15) is 10.7 Å². The number of benzene rings is 1. The number of amides is 2. The fourth-order valence-electron chi connectivity index (χ4n) is 3.37. The molecule has 144 valence electrons. The fourth-order valence-corrected chi connectivity index (χ4v) is 4.17. The van der Waals surface area contributed by atoms with Crippen molar-refractivity contribution in [2.24, 2.45) is 5.92 Å². The summed E-state index contributed by atoms with van der Waals surface area (Å²) in [5.41, 5.74) is 2.83. The van der Waals surface area contributed by atoms with Crippen LogP contribution in [-0.4, -0.2) is 53.8 Å². The maximum absolute atomic E-state index is 12.8. The highest BCUT2D eigenvalue weighted by atomic mass is 32.1. The molecule has 2 amide bonds. The van der Waals surface area contributed by atoms with Crippen LogP contribution in [0.2, 0.25) is 0 Å². The third-order valence-corrected chi connectivity index (χ3v) is 6.01. The number of thiazole rings is 1. The van der Waals surface area contributed by atoms with Gasteiger partial charge in [-0.05, 0) is 24.3 Å². The fraction of sp³-hybridized carbons (Fsp3) is 0.476. The van der Waals surface area contributed by atoms with Gasteiger partial charge in [-0.2, -0.15) is 0 Å². The van der Waals surface area contributed by atoms with Gasteiger partial charge in [-0.15, -0.1) is 11.3 Å². The van der Waals surface area contributed by atoms with Crippen LogP contribution in [0.5, 0.6) is 0 Å². The van der Waals surface area contributed by atoms with Crippen molar-refractivity contribution in [1.82, 2.24) is 14.8 Å². The molecule has 0 bridgehead atoms. The Balaban J connectivity index is 1.64. The smallest absolute Gasteiger partial charge is 0.273 e. The van der Waals surface area contributed by atoms with Crippen LogP contribution in [0.3, 0.4) is 0 Å². The van der Waals surface area contributed by atoms with Crippen LogP contribution in [0, 0.1) is 5.92 Å². The van der Waals surface area contributed by atoms with E-state index in [1.165, 1.54) is 16.9 Å². The lowest BCUT2D eigenvalue weighted by atomic mass is 9.95. The van der Waals surface area contributed by atoms with Crippen LogP contribution in [-0.2, 0) is 4.79 Å². The summed E-state index contributed by atoms with van der Waals surface area (Å²) in [5.74, 6) is 0.638. The molecule has 0 spiro atoms. The molecule has 0 unspecified atom stereocenters. The molecule has 0 N–H and O–H groups in total. The van der Waals surface area contributed by atoms with E-state index in [1.54, 1.807) is 19.0 Å². The van der Waals surface area contributed by atoms with E-state index < -0.39 is 0 Å². The van der Waals surface area contributed by atoms with E-state index in [0.717, 1.165) is 23.4 Å². The van der Waals surface area contributed by atoms with E-state index in [-0.39, 0.29) is 17.7 Å². The number of nitrogens with zero attached hydrogens (tertiary/aromatic N) is 3. The molecule has 0 radical (unpaired) electrons. The number of carbonyl (C=O) groups excluding carboxylic acids is 2. The first-order valence-corrected chi connectivity index (χ1v) is 10.3. The predicted octanol–water partition coefficient (Wildman–Crippen LogP) is 3.87. The van der Waals surface area contributed by atoms with Crippen molar-refractivity contribution < 1.29 is 9.59 Å². The number of carbonyl (C=O) groups is 2. The van der Waals surface area contributed by atoms with Crippen molar-refractivity contribution in [3.8, 4) is 10.6 Å². The SMILES string of the molecule is CC(C)c1ccc(-c2nc(C(=O)N3CCC(C(=O)N(C)C)CC3)cs2)cc1. The van der Waals surface area contributed by atoms with Crippen LogP contribution in [0.4, 0.5) is 0 Å². The molecule has 6 heteroatoms. The molecule has 1 aromatic carbocycles. The Morgan fingerprint density at radius 1 is 1.15 bits per heavy atom. The summed E-state index contributed by atoms with van der Waals surface area (Å²) < 4.78 is 0. The Kier molecular flexibility index (Phi) is 5.95. The van der Waals surface area contributed by atoms with Crippen LogP contribution in [0.15, 0.2) is 29.6 Å². The zero-order valence-electron chi connectivity index (χ0n) is 16.4. The zero-order valence-corrected chi connectivity index (χ0v) is 17.3. The number of aromatic nitrogens is 1. The van der Waals surface area contributed by atoms with Crippen LogP contribution < -0.4 is 0 Å². The molecule has 1 aromatic heterocycles. The second kappa shape index (κ2) is 8.21. The maximum atomic E-state index is 12.8. The Morgan fingerprint density at radius 2 is 1.78 bits per heavy atom. The first-order valence-electron chi connectivity index (χ1n) is 9.43. The Morgan fingerprint density at radius 3 is 2.33 bits per heavy atom. The standard InChI is InChI=1S/C21H27N3O2S/c1-14(2)15-5-7-16(8-6-15)19-22-18(13-27-19)21(26)24-11-9-17(10-12-24)20(25)23(3)4/h5-8,13-14,17H,9-12H2,1-4H3. The summed E-state index contributed by atoms with van der Waals surface area (Å²) in [6.07, 6.45) is 1.44. The number of hydrogen-bond acceptors (Lipinski definition) is 4. The molecule has 3 rings (SSSR count). The van der Waals surface area contributed by atoms with Gasteiger partial charge in [0.25, 0.3) is 5.91 Å². The summed E-state index contributed by atoms with van der Waals surface area (Å²) in [6.45, 7) is 5.56. The third-order valence-electron chi connectivity index (χ3n) is 5.12. The maximum Gasteiger partial charge on any atom is 0.273 e. The monoisotopic (exact) mass is 385 g/mol. The van der Waals surface area contributed by atoms with Crippen molar-refractivity contribution in [1.29, 1.82) is 0 Å². The van der Waals surface area contributed by atoms with Gasteiger partial charge in [0.15, 0.2) is 0 Å². The van der Waals surface area contributed by atoms with Crippen molar-refractivity contribution in [2.45, 2.75) is 32.6 Å². The highest BCUT2D eigenvalue weighted by Crippen LogP contribution is 2.27. The summed E-state index contributed by atoms with van der Waals surface area (Å²) in [4.78, 5) is 32.9. The summed E-state index contributed by atoms with van der Waals surface area (Å²) in [5, 5.41) is 2.71. The zero-order chi connectivity index (χ0) is 19.6. The van der Waals surface area contributed by atoms with E-state index in [2.05, 4.69) is 43.1 Å². The van der Waals surface area contributed by atoms with Gasteiger partial charge in [-0.1, -0.05) is 38.1 Å². The van der Waals surface area contributed by atoms with E-state index in [9.17, 15) is 9.59 Å². The normalized spacial score (nSPS) is 15.2. The first kappa shape index (κ1) is 19.5. The molecule has 1 fully saturated rings. The number of likely N-dealkylation sites (tertiary alicyclic amines) is 1. The van der Waals surface area contributed by atoms with Gasteiger partial charge in [0.05, 0.1) is 0 Å². The second-order valence-corrected chi connectivity index (χ2v) is 8.47. The molecular formula is C21H27N3O2S. The Labute approximate surface area is 165 Å². The number of rotatable bonds is 4. The Bertz CT molecular complexity index is 803. The van der Waals surface area contributed by atoms with E-state index in [1.807, 2.05) is 10.3 Å². The summed E-state index contributed by atoms with van der Waals surface area (Å²) in [6, 6.07) is 8.38. The van der Waals surface area contributed by atoms with Crippen molar-refractivity contribution >= 4 is 23.2 Å². The van der Waals surface area contributed by atoms with Gasteiger partial charge >= 0.3 is 0 Å². The molecular weight excluding hydrogens is 358 g/mol. The van der Waals surface area contributed by atoms with Gasteiger partial charge in [0, 0.05) is 44.0 Å². The number of hydrogen-bond donors (Lipinski definition) is 0. The molecule has 0 atom stereocenters. The molecule has 1 aliphatic rings. The van der Waals surface area contributed by atoms with Gasteiger partial charge in [-0.3, -0.25) is 9.59 Å². The minimum absolute atomic E-state index is 0.0227. The molecule has 0 saturated carbocycles. The lowest BCUT2D eigenvalue weighted by molar-refractivity contribution is -0.134. The summed E-state index contributed by atoms with van der Waals surface area (Å²) >= 11 is 1.50. The highest BCUT2D eigenvalue weighted by Gasteiger charge is 2.29. The van der Waals surface area contributed by atoms with Gasteiger partial charge in [0.2, 0.25) is 5.91 Å². The molecule has 2 heterocycles. The topological polar surface area (TPSA) is 53.5 Å². The molecule has 5 nitrogen and oxygen atoms in total. The molecule has 1 aliphatic heterocycles. The van der Waals surface area contributed by atoms with Gasteiger partial charge in [-0.25, -0.2) is 4.98 Å². The van der Waals surface area contributed by atoms with E-state index >= 15 is 0 Å². The highest BCUT2D eigenvalue weighted by molar-refractivity contribution is 7.13. The van der Waals surface area contributed by atoms with Crippen molar-refractivity contribution in [2.75, 3.05) is 27.2 Å². The van der Waals surface area contributed by atoms with Crippen molar-refractivity contribution in [3.05, 3.63) is 40.9 Å². The molecule has 27 heavy (non-hydrogen) atoms. The van der Waals surface area contributed by atoms with Crippen LogP contribution >= 0.6 is 11.3 Å². The second-order valence-electron chi connectivity index (χ2n) is 7.61. The van der Waals surface area contributed by atoms with Crippen LogP contribution in [0.25, 0.3) is 10.6 Å². The average molecular weight is 386 g/mol. The minimum Gasteiger partial charge on any atom is -0.349 e. The van der Waals surface area contributed by atoms with Gasteiger partial charge < -0.3 is 9.80 Å². The van der Waals surface area contributed by atoms with Crippen LogP contribution in [0.1, 0.15) is 48.7 Å². The first-order chi connectivity index (χ1) is 12.9. The van der Waals surface area contributed by atoms with E-state index in [4.69, 9.17) is 0 Å². The minimum atomic E-state index is -0.0351. The molecule has 1 saturated heterocycles. The number of piperidine rings is 1. The quantitative estimate of drug-likeness (QED) is 0.803. The largest absolute Gasteiger partial charge is 0.349 e. The van der Waals surface area contributed by atoms with E-state index in [0.29, 0.717) is 24.7 Å². The summed E-state index contributed by atoms with van der Waals surface area (Å²) in [7, 11) is 3.56. The molecule has 0 aliphatic carbocycles. The third kappa shape index (κ3) is 4.38.